The highest BCUT2D eigenvalue weighted by Crippen LogP contribution is 2.32. The van der Waals surface area contributed by atoms with Crippen molar-refractivity contribution in [2.75, 3.05) is 0 Å². The van der Waals surface area contributed by atoms with E-state index >= 15 is 0 Å². The summed E-state index contributed by atoms with van der Waals surface area (Å²) in [6, 6.07) is 1.79. The van der Waals surface area contributed by atoms with Crippen LogP contribution in [0.25, 0.3) is 0 Å². The predicted molar refractivity (Wildman–Crippen MR) is 59.9 cm³/mol. The van der Waals surface area contributed by atoms with Gasteiger partial charge in [0.25, 0.3) is 0 Å². The summed E-state index contributed by atoms with van der Waals surface area (Å²) in [4.78, 5) is 0. The molecule has 3 N–H and O–H groups in total. The van der Waals surface area contributed by atoms with E-state index in [0.717, 1.165) is 23.1 Å². The second-order valence-corrected chi connectivity index (χ2v) is 4.19. The third-order valence-electron chi connectivity index (χ3n) is 2.36. The monoisotopic (exact) mass is 213 g/mol. The summed E-state index contributed by atoms with van der Waals surface area (Å²) in [5.74, 6) is 0.148. The Kier molecular flexibility index (Phi) is 3.40. The number of phenolic OH excluding ortho intramolecular Hbond substituents is 1. The summed E-state index contributed by atoms with van der Waals surface area (Å²) in [5, 5.41) is 9.91. The number of benzene rings is 1. The van der Waals surface area contributed by atoms with Crippen LogP contribution in [0.2, 0.25) is 5.02 Å². The number of phenols is 1. The lowest BCUT2D eigenvalue weighted by atomic mass is 9.97. The van der Waals surface area contributed by atoms with Crippen LogP contribution in [-0.2, 0) is 6.42 Å². The molecule has 0 saturated carbocycles. The first kappa shape index (κ1) is 11.3. The molecule has 0 aliphatic carbocycles. The van der Waals surface area contributed by atoms with Gasteiger partial charge < -0.3 is 10.8 Å². The van der Waals surface area contributed by atoms with E-state index in [1.807, 2.05) is 20.8 Å². The van der Waals surface area contributed by atoms with Crippen LogP contribution >= 0.6 is 11.6 Å². The minimum atomic E-state index is 0.105. The number of hydrogen-bond donors (Lipinski definition) is 2. The maximum atomic E-state index is 9.48. The van der Waals surface area contributed by atoms with Crippen LogP contribution < -0.4 is 5.73 Å². The van der Waals surface area contributed by atoms with Crippen molar-refractivity contribution >= 4 is 11.6 Å². The molecular weight excluding hydrogens is 198 g/mol. The van der Waals surface area contributed by atoms with Gasteiger partial charge in [0.2, 0.25) is 0 Å². The molecule has 1 atom stereocenters. The molecule has 78 valence electrons. The molecule has 1 unspecified atom stereocenters. The molecule has 0 saturated heterocycles. The van der Waals surface area contributed by atoms with Gasteiger partial charge in [-0.05, 0) is 49.9 Å². The van der Waals surface area contributed by atoms with Gasteiger partial charge in [0.1, 0.15) is 5.75 Å². The highest BCUT2D eigenvalue weighted by atomic mass is 35.5. The van der Waals surface area contributed by atoms with E-state index in [9.17, 15) is 5.11 Å². The van der Waals surface area contributed by atoms with Gasteiger partial charge in [-0.3, -0.25) is 0 Å². The van der Waals surface area contributed by atoms with Crippen LogP contribution in [0.1, 0.15) is 23.6 Å². The minimum Gasteiger partial charge on any atom is -0.506 e. The molecule has 0 aromatic heterocycles. The van der Waals surface area contributed by atoms with Crippen molar-refractivity contribution in [2.45, 2.75) is 33.2 Å². The second-order valence-electron chi connectivity index (χ2n) is 3.81. The maximum Gasteiger partial charge on any atom is 0.134 e. The zero-order valence-electron chi connectivity index (χ0n) is 8.76. The van der Waals surface area contributed by atoms with Gasteiger partial charge in [-0.25, -0.2) is 0 Å². The van der Waals surface area contributed by atoms with Crippen molar-refractivity contribution in [2.24, 2.45) is 5.73 Å². The summed E-state index contributed by atoms with van der Waals surface area (Å²) >= 11 is 5.95. The predicted octanol–water partition coefficient (Wildman–Crippen LogP) is 2.55. The molecular formula is C11H16ClNO. The number of nitrogens with two attached hydrogens (primary N) is 1. The van der Waals surface area contributed by atoms with Gasteiger partial charge in [0, 0.05) is 6.04 Å². The molecule has 1 aromatic carbocycles. The van der Waals surface area contributed by atoms with Gasteiger partial charge in [-0.15, -0.1) is 0 Å². The normalized spacial score (nSPS) is 12.9. The van der Waals surface area contributed by atoms with E-state index in [0.29, 0.717) is 5.02 Å². The van der Waals surface area contributed by atoms with Crippen molar-refractivity contribution in [3.05, 3.63) is 27.8 Å². The van der Waals surface area contributed by atoms with E-state index in [-0.39, 0.29) is 11.8 Å². The van der Waals surface area contributed by atoms with E-state index in [1.165, 1.54) is 0 Å². The highest BCUT2D eigenvalue weighted by molar-refractivity contribution is 6.32. The first-order valence-electron chi connectivity index (χ1n) is 4.66. The topological polar surface area (TPSA) is 46.2 Å². The fourth-order valence-electron chi connectivity index (χ4n) is 1.61. The number of aromatic hydroxyl groups is 1. The van der Waals surface area contributed by atoms with Gasteiger partial charge in [0.05, 0.1) is 5.02 Å². The molecule has 0 aliphatic heterocycles. The van der Waals surface area contributed by atoms with Crippen molar-refractivity contribution in [1.82, 2.24) is 0 Å². The van der Waals surface area contributed by atoms with Crippen LogP contribution in [0.15, 0.2) is 6.07 Å². The smallest absolute Gasteiger partial charge is 0.134 e. The lowest BCUT2D eigenvalue weighted by Gasteiger charge is -2.14. The maximum absolute atomic E-state index is 9.48. The van der Waals surface area contributed by atoms with Gasteiger partial charge in [0.15, 0.2) is 0 Å². The summed E-state index contributed by atoms with van der Waals surface area (Å²) in [6.45, 7) is 5.83. The molecule has 0 aliphatic rings. The average Bonchev–Trinajstić information content (AvgIpc) is 2.09. The fourth-order valence-corrected chi connectivity index (χ4v) is 1.78. The van der Waals surface area contributed by atoms with E-state index in [2.05, 4.69) is 0 Å². The van der Waals surface area contributed by atoms with Gasteiger partial charge in [-0.1, -0.05) is 11.6 Å². The molecule has 0 bridgehead atoms. The summed E-state index contributed by atoms with van der Waals surface area (Å²) in [7, 11) is 0. The van der Waals surface area contributed by atoms with Crippen LogP contribution in [-0.4, -0.2) is 11.1 Å². The van der Waals surface area contributed by atoms with E-state index < -0.39 is 0 Å². The molecule has 14 heavy (non-hydrogen) atoms. The Morgan fingerprint density at radius 1 is 1.50 bits per heavy atom. The van der Waals surface area contributed by atoms with Crippen LogP contribution in [0.4, 0.5) is 0 Å². The van der Waals surface area contributed by atoms with E-state index in [4.69, 9.17) is 17.3 Å². The lowest BCUT2D eigenvalue weighted by molar-refractivity contribution is 0.474. The Labute approximate surface area is 89.7 Å². The molecule has 0 amide bonds. The Hall–Kier alpha value is -0.730. The average molecular weight is 214 g/mol. The Balaban J connectivity index is 3.22. The SMILES string of the molecule is Cc1cc(O)c(Cl)c(C)c1CC(C)N. The Morgan fingerprint density at radius 3 is 2.57 bits per heavy atom. The van der Waals surface area contributed by atoms with E-state index in [1.54, 1.807) is 6.07 Å². The Morgan fingerprint density at radius 2 is 2.07 bits per heavy atom. The van der Waals surface area contributed by atoms with Crippen LogP contribution in [0.3, 0.4) is 0 Å². The first-order chi connectivity index (χ1) is 6.43. The third kappa shape index (κ3) is 2.20. The first-order valence-corrected chi connectivity index (χ1v) is 5.04. The lowest BCUT2D eigenvalue weighted by Crippen LogP contribution is -2.19. The number of aryl methyl sites for hydroxylation is 1. The van der Waals surface area contributed by atoms with Gasteiger partial charge in [-0.2, -0.15) is 0 Å². The number of halogens is 1. The minimum absolute atomic E-state index is 0.105. The Bertz CT molecular complexity index is 348. The van der Waals surface area contributed by atoms with Crippen molar-refractivity contribution in [1.29, 1.82) is 0 Å². The molecule has 0 spiro atoms. The molecule has 0 heterocycles. The molecule has 1 aromatic rings. The highest BCUT2D eigenvalue weighted by Gasteiger charge is 2.11. The summed E-state index contributed by atoms with van der Waals surface area (Å²) < 4.78 is 0. The summed E-state index contributed by atoms with van der Waals surface area (Å²) in [6.07, 6.45) is 0.789. The second kappa shape index (κ2) is 4.20. The quantitative estimate of drug-likeness (QED) is 0.793. The van der Waals surface area contributed by atoms with Crippen LogP contribution in [0, 0.1) is 13.8 Å². The standard InChI is InChI=1S/C11H16ClNO/c1-6-4-10(14)11(12)8(3)9(6)5-7(2)13/h4,7,14H,5,13H2,1-3H3. The zero-order valence-corrected chi connectivity index (χ0v) is 9.52. The molecule has 0 radical (unpaired) electrons. The van der Waals surface area contributed by atoms with Crippen molar-refractivity contribution in [3.63, 3.8) is 0 Å². The number of rotatable bonds is 2. The molecule has 2 nitrogen and oxygen atoms in total. The van der Waals surface area contributed by atoms with Crippen molar-refractivity contribution in [3.8, 4) is 5.75 Å². The molecule has 0 fully saturated rings. The summed E-state index contributed by atoms with van der Waals surface area (Å²) in [5.41, 5.74) is 8.86. The third-order valence-corrected chi connectivity index (χ3v) is 2.84. The van der Waals surface area contributed by atoms with Gasteiger partial charge >= 0.3 is 0 Å². The van der Waals surface area contributed by atoms with Crippen molar-refractivity contribution < 1.29 is 5.11 Å². The fraction of sp³-hybridized carbons (Fsp3) is 0.455. The number of hydrogen-bond acceptors (Lipinski definition) is 2. The largest absolute Gasteiger partial charge is 0.506 e. The van der Waals surface area contributed by atoms with Crippen LogP contribution in [0.5, 0.6) is 5.75 Å². The molecule has 1 rings (SSSR count). The zero-order chi connectivity index (χ0) is 10.9. The molecule has 3 heteroatoms.